The van der Waals surface area contributed by atoms with Gasteiger partial charge in [0.25, 0.3) is 0 Å². The van der Waals surface area contributed by atoms with Crippen molar-refractivity contribution in [1.29, 1.82) is 0 Å². The Kier molecular flexibility index (Phi) is 3.99. The van der Waals surface area contributed by atoms with Gasteiger partial charge in [-0.15, -0.1) is 0 Å². The molecule has 0 amide bonds. The van der Waals surface area contributed by atoms with Gasteiger partial charge in [-0.2, -0.15) is 0 Å². The van der Waals surface area contributed by atoms with E-state index in [1.165, 1.54) is 5.56 Å². The fraction of sp³-hybridized carbons (Fsp3) is 0.647. The monoisotopic (exact) mass is 280 g/mol. The van der Waals surface area contributed by atoms with Crippen LogP contribution in [0.2, 0.25) is 5.02 Å². The van der Waals surface area contributed by atoms with Gasteiger partial charge < -0.3 is 5.11 Å². The average Bonchev–Trinajstić information content (AvgIpc) is 2.27. The largest absolute Gasteiger partial charge is 0.390 e. The Hall–Kier alpha value is -0.530. The van der Waals surface area contributed by atoms with Crippen LogP contribution >= 0.6 is 11.6 Å². The quantitative estimate of drug-likeness (QED) is 0.766. The standard InChI is InChI=1S/C17H25ClO/c1-16(2,3)15-9-10-17(4,19)11-14(15)12-5-7-13(18)8-6-12/h5-8,14-15,19H,9-11H2,1-4H3/t14-,15?,17?/m0/s1. The molecule has 2 heteroatoms. The van der Waals surface area contributed by atoms with E-state index < -0.39 is 5.60 Å². The summed E-state index contributed by atoms with van der Waals surface area (Å²) in [6, 6.07) is 8.15. The highest BCUT2D eigenvalue weighted by Crippen LogP contribution is 2.49. The third kappa shape index (κ3) is 3.52. The maximum absolute atomic E-state index is 10.4. The molecule has 1 nitrogen and oxygen atoms in total. The highest BCUT2D eigenvalue weighted by molar-refractivity contribution is 6.30. The van der Waals surface area contributed by atoms with Crippen molar-refractivity contribution in [2.24, 2.45) is 11.3 Å². The lowest BCUT2D eigenvalue weighted by Gasteiger charge is -2.46. The minimum Gasteiger partial charge on any atom is -0.390 e. The molecule has 1 aliphatic rings. The molecule has 0 radical (unpaired) electrons. The first-order chi connectivity index (χ1) is 8.69. The summed E-state index contributed by atoms with van der Waals surface area (Å²) < 4.78 is 0. The summed E-state index contributed by atoms with van der Waals surface area (Å²) in [5.74, 6) is 1.02. The van der Waals surface area contributed by atoms with Crippen LogP contribution in [0.5, 0.6) is 0 Å². The van der Waals surface area contributed by atoms with E-state index in [4.69, 9.17) is 11.6 Å². The van der Waals surface area contributed by atoms with E-state index in [1.807, 2.05) is 19.1 Å². The second-order valence-electron chi connectivity index (χ2n) is 7.37. The first kappa shape index (κ1) is 14.9. The molecule has 0 bridgehead atoms. The molecule has 1 aromatic rings. The Morgan fingerprint density at radius 2 is 1.79 bits per heavy atom. The zero-order valence-corrected chi connectivity index (χ0v) is 13.2. The maximum atomic E-state index is 10.4. The van der Waals surface area contributed by atoms with E-state index in [2.05, 4.69) is 32.9 Å². The minimum atomic E-state index is -0.536. The van der Waals surface area contributed by atoms with Crippen molar-refractivity contribution in [2.75, 3.05) is 0 Å². The highest BCUT2D eigenvalue weighted by atomic mass is 35.5. The molecule has 1 fully saturated rings. The van der Waals surface area contributed by atoms with Gasteiger partial charge in [0.2, 0.25) is 0 Å². The van der Waals surface area contributed by atoms with Gasteiger partial charge >= 0.3 is 0 Å². The summed E-state index contributed by atoms with van der Waals surface area (Å²) in [6.45, 7) is 8.89. The van der Waals surface area contributed by atoms with Crippen LogP contribution in [0.3, 0.4) is 0 Å². The van der Waals surface area contributed by atoms with Crippen LogP contribution in [-0.2, 0) is 0 Å². The lowest BCUT2D eigenvalue weighted by Crippen LogP contribution is -2.40. The second kappa shape index (κ2) is 5.10. The predicted molar refractivity (Wildman–Crippen MR) is 81.6 cm³/mol. The van der Waals surface area contributed by atoms with Gasteiger partial charge in [-0.05, 0) is 61.1 Å². The zero-order chi connectivity index (χ0) is 14.3. The van der Waals surface area contributed by atoms with Gasteiger partial charge in [-0.1, -0.05) is 44.5 Å². The van der Waals surface area contributed by atoms with Gasteiger partial charge in [0.05, 0.1) is 5.60 Å². The maximum Gasteiger partial charge on any atom is 0.0625 e. The van der Waals surface area contributed by atoms with E-state index in [9.17, 15) is 5.11 Å². The topological polar surface area (TPSA) is 20.2 Å². The molecule has 1 saturated carbocycles. The normalized spacial score (nSPS) is 32.3. The fourth-order valence-electron chi connectivity index (χ4n) is 3.48. The van der Waals surface area contributed by atoms with Gasteiger partial charge in [-0.25, -0.2) is 0 Å². The zero-order valence-electron chi connectivity index (χ0n) is 12.4. The number of aliphatic hydroxyl groups is 1. The van der Waals surface area contributed by atoms with Crippen LogP contribution < -0.4 is 0 Å². The van der Waals surface area contributed by atoms with Crippen molar-refractivity contribution in [3.05, 3.63) is 34.9 Å². The SMILES string of the molecule is CC1(O)CCC(C(C)(C)C)[C@H](c2ccc(Cl)cc2)C1. The van der Waals surface area contributed by atoms with E-state index in [0.29, 0.717) is 11.8 Å². The Morgan fingerprint density at radius 3 is 2.32 bits per heavy atom. The van der Waals surface area contributed by atoms with Crippen molar-refractivity contribution >= 4 is 11.6 Å². The molecular weight excluding hydrogens is 256 g/mol. The molecular formula is C17H25ClO. The molecule has 2 rings (SSSR count). The Labute approximate surface area is 122 Å². The number of benzene rings is 1. The Bertz CT molecular complexity index is 428. The van der Waals surface area contributed by atoms with Gasteiger partial charge in [-0.3, -0.25) is 0 Å². The van der Waals surface area contributed by atoms with Crippen molar-refractivity contribution < 1.29 is 5.11 Å². The molecule has 2 unspecified atom stereocenters. The molecule has 19 heavy (non-hydrogen) atoms. The van der Waals surface area contributed by atoms with Crippen molar-refractivity contribution in [3.63, 3.8) is 0 Å². The van der Waals surface area contributed by atoms with Crippen LogP contribution in [0.15, 0.2) is 24.3 Å². The van der Waals surface area contributed by atoms with Crippen LogP contribution in [-0.4, -0.2) is 10.7 Å². The van der Waals surface area contributed by atoms with E-state index in [1.54, 1.807) is 0 Å². The van der Waals surface area contributed by atoms with Crippen LogP contribution in [0.25, 0.3) is 0 Å². The molecule has 0 aromatic heterocycles. The Balaban J connectivity index is 2.32. The molecule has 0 spiro atoms. The molecule has 0 heterocycles. The molecule has 3 atom stereocenters. The van der Waals surface area contributed by atoms with Gasteiger partial charge in [0, 0.05) is 5.02 Å². The molecule has 106 valence electrons. The average molecular weight is 281 g/mol. The molecule has 0 aliphatic heterocycles. The first-order valence-corrected chi connectivity index (χ1v) is 7.55. The van der Waals surface area contributed by atoms with E-state index >= 15 is 0 Å². The molecule has 1 aromatic carbocycles. The van der Waals surface area contributed by atoms with Crippen molar-refractivity contribution in [2.45, 2.75) is 58.5 Å². The third-order valence-corrected chi connectivity index (χ3v) is 4.80. The minimum absolute atomic E-state index is 0.265. The summed E-state index contributed by atoms with van der Waals surface area (Å²) >= 11 is 5.98. The summed E-state index contributed by atoms with van der Waals surface area (Å²) in [5, 5.41) is 11.2. The number of rotatable bonds is 1. The molecule has 1 N–H and O–H groups in total. The molecule has 0 saturated heterocycles. The summed E-state index contributed by atoms with van der Waals surface area (Å²) in [7, 11) is 0. The third-order valence-electron chi connectivity index (χ3n) is 4.55. The van der Waals surface area contributed by atoms with Crippen LogP contribution in [0.4, 0.5) is 0 Å². The number of hydrogen-bond acceptors (Lipinski definition) is 1. The highest BCUT2D eigenvalue weighted by Gasteiger charge is 2.41. The van der Waals surface area contributed by atoms with Crippen molar-refractivity contribution in [1.82, 2.24) is 0 Å². The van der Waals surface area contributed by atoms with Gasteiger partial charge in [0.15, 0.2) is 0 Å². The summed E-state index contributed by atoms with van der Waals surface area (Å²) in [5.41, 5.74) is 1.04. The smallest absolute Gasteiger partial charge is 0.0625 e. The summed E-state index contributed by atoms with van der Waals surface area (Å²) in [6.07, 6.45) is 2.83. The fourth-order valence-corrected chi connectivity index (χ4v) is 3.61. The number of halogens is 1. The van der Waals surface area contributed by atoms with Crippen molar-refractivity contribution in [3.8, 4) is 0 Å². The Morgan fingerprint density at radius 1 is 1.21 bits per heavy atom. The van der Waals surface area contributed by atoms with Crippen LogP contribution in [0.1, 0.15) is 58.4 Å². The molecule has 1 aliphatic carbocycles. The van der Waals surface area contributed by atoms with Gasteiger partial charge in [0.1, 0.15) is 0 Å². The predicted octanol–water partition coefficient (Wildman–Crippen LogP) is 5.02. The van der Waals surface area contributed by atoms with E-state index in [0.717, 1.165) is 24.3 Å². The lowest BCUT2D eigenvalue weighted by atomic mass is 9.61. The lowest BCUT2D eigenvalue weighted by molar-refractivity contribution is -0.0226. The van der Waals surface area contributed by atoms with E-state index in [-0.39, 0.29) is 5.41 Å². The number of hydrogen-bond donors (Lipinski definition) is 1. The second-order valence-corrected chi connectivity index (χ2v) is 7.81. The summed E-state index contributed by atoms with van der Waals surface area (Å²) in [4.78, 5) is 0. The van der Waals surface area contributed by atoms with Crippen LogP contribution in [0, 0.1) is 11.3 Å². The first-order valence-electron chi connectivity index (χ1n) is 7.17.